The molecule has 38 heavy (non-hydrogen) atoms. The molecule has 0 bridgehead atoms. The molecule has 1 aromatic rings. The van der Waals surface area contributed by atoms with Crippen LogP contribution in [-0.4, -0.2) is 95.4 Å². The van der Waals surface area contributed by atoms with Gasteiger partial charge in [-0.1, -0.05) is 20.8 Å². The number of carboxylic acid groups (broad SMARTS) is 1. The maximum Gasteiger partial charge on any atom is 0.407 e. The van der Waals surface area contributed by atoms with Crippen LogP contribution < -0.4 is 9.47 Å². The standard InChI is InChI=1S/C28H46N2O7Si/c1-19(2)30(25(31)20-11-12-23(35-9)24(15-20)36-14-10-13-34-8)17-21-16-29(26(32)33)18-22(21)28(6,7)37-38-27(3,4)5/h11-12,15,19,21-22H,10,13-14,16-18H2,1-9H3,(H,32,33)/t21-,22+/m0/s1. The van der Waals surface area contributed by atoms with Crippen molar-refractivity contribution in [2.45, 2.75) is 71.6 Å². The number of ether oxygens (including phenoxy) is 3. The van der Waals surface area contributed by atoms with Gasteiger partial charge in [-0.2, -0.15) is 0 Å². The molecule has 1 aliphatic rings. The molecule has 9 nitrogen and oxygen atoms in total. The number of methoxy groups -OCH3 is 2. The Balaban J connectivity index is 2.29. The average Bonchev–Trinajstić information content (AvgIpc) is 3.28. The molecule has 1 fully saturated rings. The zero-order valence-corrected chi connectivity index (χ0v) is 25.5. The molecule has 214 valence electrons. The first-order valence-electron chi connectivity index (χ1n) is 13.2. The lowest BCUT2D eigenvalue weighted by atomic mass is 9.82. The Morgan fingerprint density at radius 2 is 1.79 bits per heavy atom. The van der Waals surface area contributed by atoms with Crippen LogP contribution in [0.4, 0.5) is 4.79 Å². The van der Waals surface area contributed by atoms with Crippen LogP contribution in [0, 0.1) is 11.8 Å². The first-order chi connectivity index (χ1) is 17.7. The summed E-state index contributed by atoms with van der Waals surface area (Å²) < 4.78 is 22.8. The van der Waals surface area contributed by atoms with Crippen molar-refractivity contribution in [3.8, 4) is 11.5 Å². The summed E-state index contributed by atoms with van der Waals surface area (Å²) in [5.74, 6) is 0.804. The molecule has 2 amide bonds. The van der Waals surface area contributed by atoms with Gasteiger partial charge < -0.3 is 33.5 Å². The molecule has 2 rings (SSSR count). The largest absolute Gasteiger partial charge is 0.493 e. The summed E-state index contributed by atoms with van der Waals surface area (Å²) in [6, 6.07) is 5.12. The van der Waals surface area contributed by atoms with E-state index in [0.717, 1.165) is 0 Å². The maximum absolute atomic E-state index is 13.8. The molecule has 1 heterocycles. The Bertz CT molecular complexity index is 932. The SMILES string of the molecule is COCCCOc1cc(C(=O)N(C[C@@H]2CN(C(=O)O)C[C@H]2C(C)(C)O[Si]C(C)(C)C)C(C)C)ccc1OC. The van der Waals surface area contributed by atoms with Gasteiger partial charge in [-0.15, -0.1) is 0 Å². The summed E-state index contributed by atoms with van der Waals surface area (Å²) in [7, 11) is 3.49. The summed E-state index contributed by atoms with van der Waals surface area (Å²) in [6.07, 6.45) is -0.230. The second kappa shape index (κ2) is 13.7. The quantitative estimate of drug-likeness (QED) is 0.278. The average molecular weight is 551 g/mol. The van der Waals surface area contributed by atoms with Crippen LogP contribution in [0.25, 0.3) is 0 Å². The van der Waals surface area contributed by atoms with Crippen molar-refractivity contribution in [1.82, 2.24) is 9.80 Å². The van der Waals surface area contributed by atoms with Crippen LogP contribution in [0.15, 0.2) is 18.2 Å². The molecule has 0 aliphatic carbocycles. The van der Waals surface area contributed by atoms with E-state index >= 15 is 0 Å². The normalized spacial score (nSPS) is 18.1. The van der Waals surface area contributed by atoms with Crippen LogP contribution in [-0.2, 0) is 9.16 Å². The molecule has 1 N–H and O–H groups in total. The Kier molecular flexibility index (Phi) is 11.5. The van der Waals surface area contributed by atoms with Crippen molar-refractivity contribution in [3.63, 3.8) is 0 Å². The van der Waals surface area contributed by atoms with E-state index in [9.17, 15) is 14.7 Å². The van der Waals surface area contributed by atoms with Crippen LogP contribution >= 0.6 is 0 Å². The molecular formula is C28H46N2O7Si. The second-order valence-corrected chi connectivity index (χ2v) is 13.6. The third-order valence-corrected chi connectivity index (χ3v) is 7.94. The van der Waals surface area contributed by atoms with Crippen molar-refractivity contribution >= 4 is 21.8 Å². The van der Waals surface area contributed by atoms with Gasteiger partial charge in [0.1, 0.15) is 0 Å². The molecule has 10 heteroatoms. The molecule has 1 aromatic carbocycles. The third kappa shape index (κ3) is 8.88. The minimum atomic E-state index is -0.945. The molecular weight excluding hydrogens is 504 g/mol. The van der Waals surface area contributed by atoms with Crippen molar-refractivity contribution < 1.29 is 33.3 Å². The number of carbonyl (C=O) groups is 2. The van der Waals surface area contributed by atoms with Gasteiger partial charge in [-0.05, 0) is 50.9 Å². The number of nitrogens with zero attached hydrogens (tertiary/aromatic N) is 2. The summed E-state index contributed by atoms with van der Waals surface area (Å²) in [5.41, 5.74) is -0.0501. The molecule has 0 spiro atoms. The van der Waals surface area contributed by atoms with Gasteiger partial charge in [0.25, 0.3) is 5.91 Å². The molecule has 0 saturated carbocycles. The summed E-state index contributed by atoms with van der Waals surface area (Å²) in [4.78, 5) is 29.0. The highest BCUT2D eigenvalue weighted by Crippen LogP contribution is 2.37. The Hall–Kier alpha value is -2.30. The van der Waals surface area contributed by atoms with E-state index in [2.05, 4.69) is 20.8 Å². The Morgan fingerprint density at radius 3 is 2.34 bits per heavy atom. The first kappa shape index (κ1) is 31.9. The van der Waals surface area contributed by atoms with E-state index in [1.165, 1.54) is 4.90 Å². The number of rotatable bonds is 13. The molecule has 2 atom stereocenters. The highest BCUT2D eigenvalue weighted by molar-refractivity contribution is 6.31. The van der Waals surface area contributed by atoms with Crippen molar-refractivity contribution in [3.05, 3.63) is 23.8 Å². The van der Waals surface area contributed by atoms with Gasteiger partial charge in [-0.25, -0.2) is 4.79 Å². The molecule has 0 aromatic heterocycles. The van der Waals surface area contributed by atoms with E-state index in [1.807, 2.05) is 32.6 Å². The summed E-state index contributed by atoms with van der Waals surface area (Å²) in [5, 5.41) is 9.77. The van der Waals surface area contributed by atoms with Crippen LogP contribution in [0.1, 0.15) is 65.2 Å². The third-order valence-electron chi connectivity index (χ3n) is 6.70. The second-order valence-electron chi connectivity index (χ2n) is 11.7. The molecule has 1 saturated heterocycles. The molecule has 2 radical (unpaired) electrons. The molecule has 1 aliphatic heterocycles. The van der Waals surface area contributed by atoms with Gasteiger partial charge in [0.2, 0.25) is 9.76 Å². The van der Waals surface area contributed by atoms with E-state index in [1.54, 1.807) is 32.4 Å². The lowest BCUT2D eigenvalue weighted by molar-refractivity contribution is 0.0188. The zero-order valence-electron chi connectivity index (χ0n) is 24.5. The fraction of sp³-hybridized carbons (Fsp3) is 0.714. The van der Waals surface area contributed by atoms with Gasteiger partial charge in [0.15, 0.2) is 11.5 Å². The van der Waals surface area contributed by atoms with Crippen LogP contribution in [0.3, 0.4) is 0 Å². The van der Waals surface area contributed by atoms with Crippen molar-refractivity contribution in [1.29, 1.82) is 0 Å². The predicted octanol–water partition coefficient (Wildman–Crippen LogP) is 4.82. The lowest BCUT2D eigenvalue weighted by Gasteiger charge is -2.39. The van der Waals surface area contributed by atoms with Crippen molar-refractivity contribution in [2.24, 2.45) is 11.8 Å². The van der Waals surface area contributed by atoms with E-state index in [4.69, 9.17) is 18.6 Å². The van der Waals surface area contributed by atoms with Crippen LogP contribution in [0.5, 0.6) is 11.5 Å². The lowest BCUT2D eigenvalue weighted by Crippen LogP contribution is -2.47. The first-order valence-corrected chi connectivity index (χ1v) is 14.1. The van der Waals surface area contributed by atoms with Gasteiger partial charge in [0, 0.05) is 63.2 Å². The summed E-state index contributed by atoms with van der Waals surface area (Å²) in [6.45, 7) is 16.6. The fourth-order valence-electron chi connectivity index (χ4n) is 4.61. The van der Waals surface area contributed by atoms with Crippen LogP contribution in [0.2, 0.25) is 5.04 Å². The van der Waals surface area contributed by atoms with Gasteiger partial charge in [0.05, 0.1) is 19.3 Å². The van der Waals surface area contributed by atoms with Crippen molar-refractivity contribution in [2.75, 3.05) is 47.1 Å². The fourth-order valence-corrected chi connectivity index (χ4v) is 5.34. The highest BCUT2D eigenvalue weighted by Gasteiger charge is 2.46. The Labute approximate surface area is 230 Å². The van der Waals surface area contributed by atoms with Gasteiger partial charge in [-0.3, -0.25) is 4.79 Å². The number of benzene rings is 1. The summed E-state index contributed by atoms with van der Waals surface area (Å²) >= 11 is 0. The number of likely N-dealkylation sites (tertiary alicyclic amines) is 1. The molecule has 0 unspecified atom stereocenters. The smallest absolute Gasteiger partial charge is 0.407 e. The zero-order chi connectivity index (χ0) is 28.7. The number of amides is 2. The van der Waals surface area contributed by atoms with E-state index in [0.29, 0.717) is 56.3 Å². The number of hydrogen-bond donors (Lipinski definition) is 1. The van der Waals surface area contributed by atoms with E-state index < -0.39 is 11.7 Å². The number of carbonyl (C=O) groups excluding carboxylic acids is 1. The predicted molar refractivity (Wildman–Crippen MR) is 148 cm³/mol. The topological polar surface area (TPSA) is 97.8 Å². The van der Waals surface area contributed by atoms with E-state index in [-0.39, 0.29) is 38.6 Å². The Morgan fingerprint density at radius 1 is 1.11 bits per heavy atom. The highest BCUT2D eigenvalue weighted by atomic mass is 28.2. The minimum Gasteiger partial charge on any atom is -0.493 e. The maximum atomic E-state index is 13.8. The monoisotopic (exact) mass is 550 g/mol. The number of hydrogen-bond acceptors (Lipinski definition) is 6. The minimum absolute atomic E-state index is 0.00942. The van der Waals surface area contributed by atoms with Gasteiger partial charge >= 0.3 is 6.09 Å².